The van der Waals surface area contributed by atoms with Crippen LogP contribution in [-0.2, 0) is 0 Å². The second kappa shape index (κ2) is 16.3. The molecule has 0 spiro atoms. The summed E-state index contributed by atoms with van der Waals surface area (Å²) in [6.45, 7) is 0. The topological polar surface area (TPSA) is 53.0 Å². The number of benzene rings is 9. The van der Waals surface area contributed by atoms with Crippen LogP contribution in [0, 0.1) is 0 Å². The summed E-state index contributed by atoms with van der Waals surface area (Å²) < 4.78 is 14.0. The van der Waals surface area contributed by atoms with Crippen LogP contribution in [0.5, 0.6) is 5.75 Å². The van der Waals surface area contributed by atoms with Crippen molar-refractivity contribution in [1.82, 2.24) is 0 Å². The first-order chi connectivity index (χ1) is 33.2. The van der Waals surface area contributed by atoms with E-state index >= 15 is 0 Å². The minimum atomic E-state index is 0.403. The number of aromatic hydroxyl groups is 1. The van der Waals surface area contributed by atoms with Gasteiger partial charge in [-0.3, -0.25) is 0 Å². The van der Waals surface area contributed by atoms with E-state index in [1.807, 2.05) is 6.07 Å². The van der Waals surface area contributed by atoms with E-state index < -0.39 is 0 Å². The lowest BCUT2D eigenvalue weighted by Gasteiger charge is -2.27. The van der Waals surface area contributed by atoms with Crippen LogP contribution >= 0.6 is 0 Å². The average Bonchev–Trinajstić information content (AvgIpc) is 4.23. The van der Waals surface area contributed by atoms with Gasteiger partial charge in [-0.1, -0.05) is 147 Å². The van der Waals surface area contributed by atoms with Crippen LogP contribution in [0.4, 0.5) is 34.1 Å². The number of hydrogen-bond acceptors (Lipinski definition) is 5. The molecule has 0 atom stereocenters. The monoisotopic (exact) mass is 870 g/mol. The molecule has 5 nitrogen and oxygen atoms in total. The van der Waals surface area contributed by atoms with Crippen LogP contribution in [-0.4, -0.2) is 5.11 Å². The lowest BCUT2D eigenvalue weighted by molar-refractivity contribution is 0.463. The van der Waals surface area contributed by atoms with Crippen molar-refractivity contribution in [3.05, 3.63) is 199 Å². The molecule has 2 aliphatic rings. The van der Waals surface area contributed by atoms with Gasteiger partial charge in [0.25, 0.3) is 0 Å². The maximum atomic E-state index is 11.8. The third-order valence-electron chi connectivity index (χ3n) is 14.8. The Bertz CT molecular complexity index is 3630. The molecule has 326 valence electrons. The van der Waals surface area contributed by atoms with E-state index in [1.54, 1.807) is 0 Å². The van der Waals surface area contributed by atoms with Crippen molar-refractivity contribution in [3.63, 3.8) is 0 Å². The predicted octanol–water partition coefficient (Wildman–Crippen LogP) is 18.3. The number of para-hydroxylation sites is 5. The fourth-order valence-electron chi connectivity index (χ4n) is 11.7. The zero-order valence-corrected chi connectivity index (χ0v) is 37.4. The fraction of sp³-hybridized carbons (Fsp3) is 0.161. The molecule has 9 aromatic carbocycles. The molecule has 2 aromatic heterocycles. The van der Waals surface area contributed by atoms with Gasteiger partial charge in [-0.05, 0) is 120 Å². The number of hydrogen-bond donors (Lipinski definition) is 1. The van der Waals surface area contributed by atoms with Gasteiger partial charge in [-0.2, -0.15) is 0 Å². The summed E-state index contributed by atoms with van der Waals surface area (Å²) in [7, 11) is 0. The van der Waals surface area contributed by atoms with Crippen molar-refractivity contribution >= 4 is 88.8 Å². The highest BCUT2D eigenvalue weighted by Crippen LogP contribution is 2.50. The Morgan fingerprint density at radius 3 is 1.70 bits per heavy atom. The van der Waals surface area contributed by atoms with Crippen molar-refractivity contribution in [2.24, 2.45) is 0 Å². The number of phenolic OH excluding ortho intramolecular Hbond substituents is 1. The molecular weight excluding hydrogens is 821 g/mol. The van der Waals surface area contributed by atoms with Crippen molar-refractivity contribution in [2.45, 2.75) is 63.2 Å². The molecule has 0 radical (unpaired) electrons. The molecule has 0 bridgehead atoms. The fourth-order valence-corrected chi connectivity index (χ4v) is 11.7. The number of furan rings is 2. The third-order valence-corrected chi connectivity index (χ3v) is 14.8. The van der Waals surface area contributed by atoms with Crippen molar-refractivity contribution in [2.75, 3.05) is 9.80 Å². The summed E-state index contributed by atoms with van der Waals surface area (Å²) in [4.78, 5) is 4.66. The molecule has 0 saturated heterocycles. The predicted molar refractivity (Wildman–Crippen MR) is 277 cm³/mol. The summed E-state index contributed by atoms with van der Waals surface area (Å²) in [5.74, 6) is 1.34. The molecule has 2 saturated carbocycles. The molecule has 5 heteroatoms. The molecule has 0 amide bonds. The Kier molecular flexibility index (Phi) is 9.62. The Balaban J connectivity index is 0.977. The number of anilines is 6. The van der Waals surface area contributed by atoms with Crippen molar-refractivity contribution < 1.29 is 13.9 Å². The number of phenols is 1. The molecule has 2 heterocycles. The first-order valence-electron chi connectivity index (χ1n) is 24.1. The smallest absolute Gasteiger partial charge is 0.159 e. The van der Waals surface area contributed by atoms with E-state index in [0.29, 0.717) is 17.6 Å². The maximum Gasteiger partial charge on any atom is 0.159 e. The molecular formula is C62H50N2O3. The standard InChI is InChI=1S/C62H50N2O3/c65-60-47(40-17-7-8-18-40)29-14-30-48(60)42-21-13-26-45(37-42)64(44-24-5-2-6-25-44)56-39-58-59(51-28-12-11-27-50(51)56)54-38-46(35-36-57(54)66-58)63(43-22-3-1-4-23-43)55-34-16-33-53-52-32-15-31-49(41-19-9-10-20-41)61(52)67-62(53)55/h1-6,11-16,21-41,65H,7-10,17-20H2. The first-order valence-corrected chi connectivity index (χ1v) is 24.1. The number of nitrogens with zero attached hydrogens (tertiary/aromatic N) is 2. The lowest BCUT2D eigenvalue weighted by Crippen LogP contribution is -2.10. The van der Waals surface area contributed by atoms with Crippen LogP contribution in [0.15, 0.2) is 197 Å². The quantitative estimate of drug-likeness (QED) is 0.157. The first kappa shape index (κ1) is 39.6. The van der Waals surface area contributed by atoms with Gasteiger partial charge in [-0.25, -0.2) is 0 Å². The summed E-state index contributed by atoms with van der Waals surface area (Å²) in [5.41, 5.74) is 13.9. The lowest BCUT2D eigenvalue weighted by atomic mass is 9.92. The maximum absolute atomic E-state index is 11.8. The molecule has 11 aromatic rings. The largest absolute Gasteiger partial charge is 0.507 e. The van der Waals surface area contributed by atoms with Crippen molar-refractivity contribution in [3.8, 4) is 16.9 Å². The van der Waals surface area contributed by atoms with Crippen molar-refractivity contribution in [1.29, 1.82) is 0 Å². The Hall–Kier alpha value is -7.76. The highest BCUT2D eigenvalue weighted by molar-refractivity contribution is 6.23. The highest BCUT2D eigenvalue weighted by atomic mass is 16.3. The van der Waals surface area contributed by atoms with Crippen LogP contribution in [0.1, 0.15) is 74.3 Å². The SMILES string of the molecule is Oc1c(-c2cccc(N(c3ccccc3)c3cc4oc5ccc(N(c6ccccc6)c6cccc7c6oc6c(C8CCCC8)cccc67)cc5c4c4ccccc34)c2)cccc1C1CCCC1. The summed E-state index contributed by atoms with van der Waals surface area (Å²) in [6, 6.07) is 66.8. The van der Waals surface area contributed by atoms with Crippen LogP contribution in [0.25, 0.3) is 65.8 Å². The third kappa shape index (κ3) is 6.67. The Morgan fingerprint density at radius 1 is 0.388 bits per heavy atom. The zero-order valence-electron chi connectivity index (χ0n) is 37.4. The molecule has 0 unspecified atom stereocenters. The van der Waals surface area contributed by atoms with Crippen LogP contribution in [0.3, 0.4) is 0 Å². The van der Waals surface area contributed by atoms with Gasteiger partial charge >= 0.3 is 0 Å². The van der Waals surface area contributed by atoms with E-state index in [2.05, 4.69) is 192 Å². The van der Waals surface area contributed by atoms with Crippen LogP contribution < -0.4 is 9.80 Å². The molecule has 2 aliphatic carbocycles. The molecule has 67 heavy (non-hydrogen) atoms. The molecule has 0 aliphatic heterocycles. The van der Waals surface area contributed by atoms with Gasteiger partial charge < -0.3 is 23.7 Å². The van der Waals surface area contributed by atoms with Gasteiger partial charge in [0.15, 0.2) is 5.58 Å². The van der Waals surface area contributed by atoms with E-state index in [9.17, 15) is 5.11 Å². The van der Waals surface area contributed by atoms with E-state index in [-0.39, 0.29) is 0 Å². The number of fused-ring (bicyclic) bond motifs is 8. The zero-order chi connectivity index (χ0) is 44.4. The Labute approximate surface area is 390 Å². The molecule has 1 N–H and O–H groups in total. The highest BCUT2D eigenvalue weighted by Gasteiger charge is 2.27. The minimum absolute atomic E-state index is 0.403. The summed E-state index contributed by atoms with van der Waals surface area (Å²) >= 11 is 0. The van der Waals surface area contributed by atoms with Gasteiger partial charge in [0.1, 0.15) is 22.5 Å². The summed E-state index contributed by atoms with van der Waals surface area (Å²) in [6.07, 6.45) is 9.67. The van der Waals surface area contributed by atoms with Gasteiger partial charge in [0.2, 0.25) is 0 Å². The molecule has 2 fully saturated rings. The van der Waals surface area contributed by atoms with E-state index in [0.717, 1.165) is 113 Å². The number of rotatable bonds is 9. The second-order valence-electron chi connectivity index (χ2n) is 18.7. The summed E-state index contributed by atoms with van der Waals surface area (Å²) in [5, 5.41) is 18.4. The minimum Gasteiger partial charge on any atom is -0.507 e. The van der Waals surface area contributed by atoms with Gasteiger partial charge in [0, 0.05) is 61.3 Å². The second-order valence-corrected chi connectivity index (χ2v) is 18.7. The van der Waals surface area contributed by atoms with Gasteiger partial charge in [0.05, 0.1) is 11.4 Å². The van der Waals surface area contributed by atoms with E-state index in [1.165, 1.54) is 49.5 Å². The normalized spacial score (nSPS) is 14.6. The Morgan fingerprint density at radius 2 is 0.955 bits per heavy atom. The van der Waals surface area contributed by atoms with E-state index in [4.69, 9.17) is 8.83 Å². The molecule has 13 rings (SSSR count). The van der Waals surface area contributed by atoms with Crippen LogP contribution in [0.2, 0.25) is 0 Å². The average molecular weight is 871 g/mol. The van der Waals surface area contributed by atoms with Gasteiger partial charge in [-0.15, -0.1) is 0 Å².